The molecular formula is C23H27F3N2O2. The molecule has 0 aromatic heterocycles. The number of methoxy groups -OCH3 is 1. The van der Waals surface area contributed by atoms with Gasteiger partial charge in [-0.1, -0.05) is 30.3 Å². The van der Waals surface area contributed by atoms with Gasteiger partial charge in [-0.15, -0.1) is 0 Å². The van der Waals surface area contributed by atoms with Crippen LogP contribution in [-0.2, 0) is 23.3 Å². The fourth-order valence-corrected chi connectivity index (χ4v) is 4.50. The molecule has 30 heavy (non-hydrogen) atoms. The maximum absolute atomic E-state index is 13.8. The second-order valence-electron chi connectivity index (χ2n) is 8.07. The fraction of sp³-hybridized carbons (Fsp3) is 0.478. The molecule has 1 unspecified atom stereocenters. The van der Waals surface area contributed by atoms with E-state index in [4.69, 9.17) is 9.47 Å². The number of alkyl halides is 3. The van der Waals surface area contributed by atoms with Crippen molar-refractivity contribution in [2.75, 3.05) is 20.3 Å². The van der Waals surface area contributed by atoms with Crippen LogP contribution in [0, 0.1) is 0 Å². The average molecular weight is 420 g/mol. The predicted molar refractivity (Wildman–Crippen MR) is 108 cm³/mol. The number of ether oxygens (including phenoxy) is 2. The molecule has 1 fully saturated rings. The lowest BCUT2D eigenvalue weighted by Crippen LogP contribution is -2.45. The molecule has 0 spiro atoms. The SMILES string of the molecule is COc1cc2c(cc1CN[C@H]1CCN[C@H]1c1ccccc1)C(C)(C(F)(F)F)OCC2. The molecule has 2 aliphatic rings. The standard InChI is InChI=1S/C23H27F3N2O2/c1-22(23(24,25)26)18-12-17(20(29-2)13-16(18)9-11-30-22)14-28-19-8-10-27-21(19)15-6-4-3-5-7-15/h3-7,12-13,19,21,27-28H,8-11,14H2,1-2H3/t19-,21-,22?/m0/s1. The molecule has 4 nitrogen and oxygen atoms in total. The number of benzene rings is 2. The van der Waals surface area contributed by atoms with Crippen molar-refractivity contribution in [3.8, 4) is 5.75 Å². The first-order valence-corrected chi connectivity index (χ1v) is 10.3. The van der Waals surface area contributed by atoms with Crippen molar-refractivity contribution in [2.45, 2.75) is 50.2 Å². The second-order valence-corrected chi connectivity index (χ2v) is 8.07. The first kappa shape index (κ1) is 21.2. The first-order valence-electron chi connectivity index (χ1n) is 10.3. The highest BCUT2D eigenvalue weighted by Crippen LogP contribution is 2.46. The highest BCUT2D eigenvalue weighted by atomic mass is 19.4. The van der Waals surface area contributed by atoms with Gasteiger partial charge in [0, 0.05) is 24.2 Å². The summed E-state index contributed by atoms with van der Waals surface area (Å²) in [6.45, 7) is 2.45. The zero-order valence-electron chi connectivity index (χ0n) is 17.2. The first-order chi connectivity index (χ1) is 14.3. The van der Waals surface area contributed by atoms with E-state index in [2.05, 4.69) is 22.8 Å². The summed E-state index contributed by atoms with van der Waals surface area (Å²) in [6.07, 6.45) is -3.11. The molecule has 0 aliphatic carbocycles. The molecule has 3 atom stereocenters. The Morgan fingerprint density at radius 3 is 2.70 bits per heavy atom. The van der Waals surface area contributed by atoms with Crippen LogP contribution in [0.4, 0.5) is 13.2 Å². The minimum absolute atomic E-state index is 0.0380. The molecular weight excluding hydrogens is 393 g/mol. The van der Waals surface area contributed by atoms with Crippen LogP contribution >= 0.6 is 0 Å². The summed E-state index contributed by atoms with van der Waals surface area (Å²) >= 11 is 0. The monoisotopic (exact) mass is 420 g/mol. The van der Waals surface area contributed by atoms with Gasteiger partial charge in [-0.25, -0.2) is 0 Å². The van der Waals surface area contributed by atoms with Crippen LogP contribution in [0.25, 0.3) is 0 Å². The van der Waals surface area contributed by atoms with E-state index < -0.39 is 11.8 Å². The Morgan fingerprint density at radius 1 is 1.23 bits per heavy atom. The third-order valence-corrected chi connectivity index (χ3v) is 6.26. The van der Waals surface area contributed by atoms with Gasteiger partial charge in [-0.05, 0) is 55.1 Å². The van der Waals surface area contributed by atoms with Crippen LogP contribution in [0.5, 0.6) is 5.75 Å². The molecule has 0 radical (unpaired) electrons. The fourth-order valence-electron chi connectivity index (χ4n) is 4.50. The van der Waals surface area contributed by atoms with E-state index >= 15 is 0 Å². The highest BCUT2D eigenvalue weighted by Gasteiger charge is 2.55. The van der Waals surface area contributed by atoms with Crippen LogP contribution in [0.3, 0.4) is 0 Å². The minimum atomic E-state index is -4.49. The summed E-state index contributed by atoms with van der Waals surface area (Å²) in [7, 11) is 1.55. The van der Waals surface area contributed by atoms with Crippen molar-refractivity contribution in [3.63, 3.8) is 0 Å². The van der Waals surface area contributed by atoms with Gasteiger partial charge in [0.05, 0.1) is 13.7 Å². The van der Waals surface area contributed by atoms with E-state index in [1.165, 1.54) is 5.56 Å². The van der Waals surface area contributed by atoms with Crippen LogP contribution in [-0.4, -0.2) is 32.5 Å². The van der Waals surface area contributed by atoms with E-state index in [9.17, 15) is 13.2 Å². The van der Waals surface area contributed by atoms with Gasteiger partial charge in [0.2, 0.25) is 0 Å². The van der Waals surface area contributed by atoms with Crippen molar-refractivity contribution in [2.24, 2.45) is 0 Å². The highest BCUT2D eigenvalue weighted by molar-refractivity contribution is 5.47. The van der Waals surface area contributed by atoms with Gasteiger partial charge in [0.15, 0.2) is 5.60 Å². The summed E-state index contributed by atoms with van der Waals surface area (Å²) < 4.78 is 52.2. The number of fused-ring (bicyclic) bond motifs is 1. The lowest BCUT2D eigenvalue weighted by atomic mass is 9.85. The molecule has 7 heteroatoms. The van der Waals surface area contributed by atoms with Crippen molar-refractivity contribution < 1.29 is 22.6 Å². The Hall–Kier alpha value is -2.09. The smallest absolute Gasteiger partial charge is 0.421 e. The van der Waals surface area contributed by atoms with Crippen LogP contribution in [0.2, 0.25) is 0 Å². The molecule has 162 valence electrons. The van der Waals surface area contributed by atoms with E-state index in [0.717, 1.165) is 19.9 Å². The van der Waals surface area contributed by atoms with Crippen molar-refractivity contribution in [3.05, 3.63) is 64.7 Å². The molecule has 2 N–H and O–H groups in total. The molecule has 0 bridgehead atoms. The van der Waals surface area contributed by atoms with E-state index in [-0.39, 0.29) is 24.3 Å². The number of hydrogen-bond acceptors (Lipinski definition) is 4. The zero-order chi connectivity index (χ0) is 21.4. The Labute approximate surface area is 174 Å². The molecule has 2 aliphatic heterocycles. The average Bonchev–Trinajstić information content (AvgIpc) is 3.20. The zero-order valence-corrected chi connectivity index (χ0v) is 17.2. The summed E-state index contributed by atoms with van der Waals surface area (Å²) in [5, 5.41) is 7.04. The summed E-state index contributed by atoms with van der Waals surface area (Å²) in [6, 6.07) is 13.9. The maximum Gasteiger partial charge on any atom is 0.421 e. The van der Waals surface area contributed by atoms with Gasteiger partial charge in [-0.2, -0.15) is 13.2 Å². The van der Waals surface area contributed by atoms with E-state index in [0.29, 0.717) is 29.8 Å². The lowest BCUT2D eigenvalue weighted by molar-refractivity contribution is -0.281. The third kappa shape index (κ3) is 3.82. The topological polar surface area (TPSA) is 42.5 Å². The third-order valence-electron chi connectivity index (χ3n) is 6.26. The van der Waals surface area contributed by atoms with E-state index in [1.54, 1.807) is 19.2 Å². The summed E-state index contributed by atoms with van der Waals surface area (Å²) in [5.74, 6) is 0.606. The van der Waals surface area contributed by atoms with Crippen molar-refractivity contribution >= 4 is 0 Å². The summed E-state index contributed by atoms with van der Waals surface area (Å²) in [4.78, 5) is 0. The molecule has 2 aromatic carbocycles. The Kier molecular flexibility index (Phi) is 5.79. The van der Waals surface area contributed by atoms with Gasteiger partial charge in [0.25, 0.3) is 0 Å². The van der Waals surface area contributed by atoms with Crippen molar-refractivity contribution in [1.82, 2.24) is 10.6 Å². The minimum Gasteiger partial charge on any atom is -0.496 e. The number of hydrogen-bond donors (Lipinski definition) is 2. The Balaban J connectivity index is 1.59. The predicted octanol–water partition coefficient (Wildman–Crippen LogP) is 4.24. The summed E-state index contributed by atoms with van der Waals surface area (Å²) in [5.41, 5.74) is 0.413. The van der Waals surface area contributed by atoms with Crippen molar-refractivity contribution in [1.29, 1.82) is 0 Å². The molecule has 1 saturated heterocycles. The van der Waals surface area contributed by atoms with E-state index in [1.807, 2.05) is 18.2 Å². The Morgan fingerprint density at radius 2 is 2.00 bits per heavy atom. The molecule has 0 saturated carbocycles. The second kappa shape index (κ2) is 8.21. The van der Waals surface area contributed by atoms with Crippen LogP contribution < -0.4 is 15.4 Å². The maximum atomic E-state index is 13.8. The van der Waals surface area contributed by atoms with Gasteiger partial charge in [0.1, 0.15) is 5.75 Å². The number of rotatable bonds is 5. The lowest BCUT2D eigenvalue weighted by Gasteiger charge is -2.38. The largest absolute Gasteiger partial charge is 0.496 e. The number of nitrogens with one attached hydrogen (secondary N) is 2. The molecule has 2 heterocycles. The Bertz CT molecular complexity index is 888. The van der Waals surface area contributed by atoms with Gasteiger partial charge in [-0.3, -0.25) is 0 Å². The van der Waals surface area contributed by atoms with Crippen LogP contribution in [0.1, 0.15) is 41.6 Å². The molecule has 4 rings (SSSR count). The van der Waals surface area contributed by atoms with Gasteiger partial charge >= 0.3 is 6.18 Å². The number of halogens is 3. The molecule has 2 aromatic rings. The van der Waals surface area contributed by atoms with Gasteiger partial charge < -0.3 is 20.1 Å². The normalized spacial score (nSPS) is 26.4. The quantitative estimate of drug-likeness (QED) is 0.760. The van der Waals surface area contributed by atoms with Crippen LogP contribution in [0.15, 0.2) is 42.5 Å². The molecule has 0 amide bonds.